The fourth-order valence-corrected chi connectivity index (χ4v) is 2.68. The van der Waals surface area contributed by atoms with Crippen LogP contribution in [0.2, 0.25) is 0 Å². The van der Waals surface area contributed by atoms with Crippen molar-refractivity contribution in [1.82, 2.24) is 9.88 Å². The Bertz CT molecular complexity index is 442. The summed E-state index contributed by atoms with van der Waals surface area (Å²) in [6, 6.07) is 1.52. The summed E-state index contributed by atoms with van der Waals surface area (Å²) in [6.07, 6.45) is 4.27. The zero-order chi connectivity index (χ0) is 14.4. The van der Waals surface area contributed by atoms with Crippen LogP contribution in [-0.2, 0) is 0 Å². The molecule has 0 saturated carbocycles. The molecule has 1 heterocycles. The first-order valence-corrected chi connectivity index (χ1v) is 7.54. The van der Waals surface area contributed by atoms with Crippen LogP contribution in [0.5, 0.6) is 0 Å². The van der Waals surface area contributed by atoms with Crippen molar-refractivity contribution in [3.63, 3.8) is 0 Å². The fourth-order valence-electron chi connectivity index (χ4n) is 1.83. The Morgan fingerprint density at radius 3 is 2.84 bits per heavy atom. The van der Waals surface area contributed by atoms with E-state index >= 15 is 0 Å². The van der Waals surface area contributed by atoms with E-state index in [0.717, 1.165) is 12.2 Å². The van der Waals surface area contributed by atoms with Crippen LogP contribution in [0, 0.1) is 5.82 Å². The van der Waals surface area contributed by atoms with Gasteiger partial charge < -0.3 is 10.2 Å². The molecule has 0 aliphatic heterocycles. The van der Waals surface area contributed by atoms with Crippen molar-refractivity contribution in [2.45, 2.75) is 19.4 Å². The monoisotopic (exact) mass is 285 g/mol. The SMILES string of the molecule is CCC(CSC)N(C)C(=O)c1ccnc(NC)c1F. The number of nitrogens with zero attached hydrogens (tertiary/aromatic N) is 2. The van der Waals surface area contributed by atoms with Crippen molar-refractivity contribution in [3.05, 3.63) is 23.6 Å². The van der Waals surface area contributed by atoms with Gasteiger partial charge in [-0.25, -0.2) is 9.37 Å². The minimum atomic E-state index is -0.596. The quantitative estimate of drug-likeness (QED) is 0.872. The minimum absolute atomic E-state index is 0.0569. The summed E-state index contributed by atoms with van der Waals surface area (Å²) in [5, 5.41) is 2.64. The van der Waals surface area contributed by atoms with Crippen LogP contribution in [0.25, 0.3) is 0 Å². The predicted octanol–water partition coefficient (Wildman–Crippen LogP) is 2.48. The molecule has 4 nitrogen and oxygen atoms in total. The van der Waals surface area contributed by atoms with Crippen LogP contribution in [0.3, 0.4) is 0 Å². The van der Waals surface area contributed by atoms with E-state index in [1.165, 1.54) is 12.3 Å². The number of thioether (sulfide) groups is 1. The summed E-state index contributed by atoms with van der Waals surface area (Å²) in [5.41, 5.74) is 0.0569. The van der Waals surface area contributed by atoms with Crippen LogP contribution >= 0.6 is 11.8 Å². The summed E-state index contributed by atoms with van der Waals surface area (Å²) in [6.45, 7) is 2.02. The van der Waals surface area contributed by atoms with E-state index in [9.17, 15) is 9.18 Å². The number of halogens is 1. The molecular weight excluding hydrogens is 265 g/mol. The van der Waals surface area contributed by atoms with E-state index in [0.29, 0.717) is 0 Å². The molecule has 106 valence electrons. The summed E-state index contributed by atoms with van der Waals surface area (Å²) in [7, 11) is 3.29. The number of carbonyl (C=O) groups excluding carboxylic acids is 1. The second-order valence-corrected chi connectivity index (χ2v) is 5.12. The van der Waals surface area contributed by atoms with Crippen molar-refractivity contribution in [2.75, 3.05) is 31.4 Å². The maximum atomic E-state index is 14.1. The van der Waals surface area contributed by atoms with Crippen LogP contribution in [0.4, 0.5) is 10.2 Å². The molecule has 1 N–H and O–H groups in total. The lowest BCUT2D eigenvalue weighted by atomic mass is 10.1. The number of nitrogens with one attached hydrogen (secondary N) is 1. The smallest absolute Gasteiger partial charge is 0.257 e. The van der Waals surface area contributed by atoms with Gasteiger partial charge >= 0.3 is 0 Å². The van der Waals surface area contributed by atoms with Crippen LogP contribution in [-0.4, -0.2) is 47.9 Å². The third-order valence-corrected chi connectivity index (χ3v) is 3.77. The van der Waals surface area contributed by atoms with E-state index in [4.69, 9.17) is 0 Å². The van der Waals surface area contributed by atoms with Crippen LogP contribution in [0.15, 0.2) is 12.3 Å². The molecule has 0 fully saturated rings. The lowest BCUT2D eigenvalue weighted by Crippen LogP contribution is -2.38. The number of hydrogen-bond acceptors (Lipinski definition) is 4. The van der Waals surface area contributed by atoms with Gasteiger partial charge in [0, 0.05) is 32.1 Å². The van der Waals surface area contributed by atoms with Crippen molar-refractivity contribution in [1.29, 1.82) is 0 Å². The Kier molecular flexibility index (Phi) is 6.08. The number of hydrogen-bond donors (Lipinski definition) is 1. The molecule has 0 aliphatic carbocycles. The highest BCUT2D eigenvalue weighted by Gasteiger charge is 2.23. The van der Waals surface area contributed by atoms with Crippen molar-refractivity contribution in [2.24, 2.45) is 0 Å². The molecule has 1 rings (SSSR count). The highest BCUT2D eigenvalue weighted by Crippen LogP contribution is 2.18. The Morgan fingerprint density at radius 2 is 2.32 bits per heavy atom. The average Bonchev–Trinajstić information content (AvgIpc) is 2.43. The highest BCUT2D eigenvalue weighted by molar-refractivity contribution is 7.98. The summed E-state index contributed by atoms with van der Waals surface area (Å²) in [4.78, 5) is 17.8. The highest BCUT2D eigenvalue weighted by atomic mass is 32.2. The third kappa shape index (κ3) is 3.59. The third-order valence-electron chi connectivity index (χ3n) is 3.05. The van der Waals surface area contributed by atoms with Crippen molar-refractivity contribution < 1.29 is 9.18 Å². The average molecular weight is 285 g/mol. The van der Waals surface area contributed by atoms with Gasteiger partial charge in [0.1, 0.15) is 0 Å². The maximum absolute atomic E-state index is 14.1. The van der Waals surface area contributed by atoms with E-state index in [1.54, 1.807) is 30.8 Å². The molecule has 6 heteroatoms. The molecule has 1 aromatic rings. The first-order chi connectivity index (χ1) is 9.06. The lowest BCUT2D eigenvalue weighted by Gasteiger charge is -2.27. The summed E-state index contributed by atoms with van der Waals surface area (Å²) < 4.78 is 14.1. The molecule has 1 atom stereocenters. The van der Waals surface area contributed by atoms with Crippen molar-refractivity contribution >= 4 is 23.5 Å². The summed E-state index contributed by atoms with van der Waals surface area (Å²) in [5.74, 6) is 0.0277. The van der Waals surface area contributed by atoms with E-state index in [2.05, 4.69) is 10.3 Å². The fraction of sp³-hybridized carbons (Fsp3) is 0.538. The Hall–Kier alpha value is -1.30. The van der Waals surface area contributed by atoms with Gasteiger partial charge in [-0.1, -0.05) is 6.92 Å². The molecule has 1 aromatic heterocycles. The molecule has 19 heavy (non-hydrogen) atoms. The minimum Gasteiger partial charge on any atom is -0.371 e. The van der Waals surface area contributed by atoms with E-state index in [1.807, 2.05) is 13.2 Å². The number of aromatic nitrogens is 1. The second kappa shape index (κ2) is 7.33. The van der Waals surface area contributed by atoms with Gasteiger partial charge in [-0.05, 0) is 18.7 Å². The Balaban J connectivity index is 2.99. The Morgan fingerprint density at radius 1 is 1.63 bits per heavy atom. The first-order valence-electron chi connectivity index (χ1n) is 6.15. The largest absolute Gasteiger partial charge is 0.371 e. The van der Waals surface area contributed by atoms with Gasteiger partial charge in [-0.15, -0.1) is 0 Å². The molecule has 0 radical (unpaired) electrons. The first kappa shape index (κ1) is 15.8. The normalized spacial score (nSPS) is 12.1. The molecule has 1 amide bonds. The predicted molar refractivity (Wildman–Crippen MR) is 78.3 cm³/mol. The molecule has 0 saturated heterocycles. The molecule has 0 aliphatic rings. The van der Waals surface area contributed by atoms with Gasteiger partial charge in [0.2, 0.25) is 0 Å². The number of carbonyl (C=O) groups is 1. The van der Waals surface area contributed by atoms with Gasteiger partial charge in [0.05, 0.1) is 5.56 Å². The maximum Gasteiger partial charge on any atom is 0.257 e. The standard InChI is InChI=1S/C13H20FN3OS/c1-5-9(8-19-4)17(3)13(18)10-6-7-16-12(15-2)11(10)14/h6-7,9H,5,8H2,1-4H3,(H,15,16). The molecular formula is C13H20FN3OS. The van der Waals surface area contributed by atoms with Gasteiger partial charge in [0.15, 0.2) is 11.6 Å². The van der Waals surface area contributed by atoms with Crippen LogP contribution < -0.4 is 5.32 Å². The van der Waals surface area contributed by atoms with Gasteiger partial charge in [0.25, 0.3) is 5.91 Å². The topological polar surface area (TPSA) is 45.2 Å². The number of amides is 1. The second-order valence-electron chi connectivity index (χ2n) is 4.20. The Labute approximate surface area is 117 Å². The number of pyridine rings is 1. The zero-order valence-corrected chi connectivity index (χ0v) is 12.6. The van der Waals surface area contributed by atoms with Gasteiger partial charge in [-0.3, -0.25) is 4.79 Å². The zero-order valence-electron chi connectivity index (χ0n) is 11.7. The van der Waals surface area contributed by atoms with Crippen molar-refractivity contribution in [3.8, 4) is 0 Å². The van der Waals surface area contributed by atoms with Gasteiger partial charge in [-0.2, -0.15) is 11.8 Å². The molecule has 0 bridgehead atoms. The number of rotatable bonds is 6. The number of anilines is 1. The lowest BCUT2D eigenvalue weighted by molar-refractivity contribution is 0.0739. The molecule has 0 aromatic carbocycles. The van der Waals surface area contributed by atoms with E-state index in [-0.39, 0.29) is 23.3 Å². The molecule has 0 spiro atoms. The molecule has 1 unspecified atom stereocenters. The summed E-state index contributed by atoms with van der Waals surface area (Å²) >= 11 is 1.67. The van der Waals surface area contributed by atoms with Crippen LogP contribution in [0.1, 0.15) is 23.7 Å². The van der Waals surface area contributed by atoms with E-state index < -0.39 is 5.82 Å².